The van der Waals surface area contributed by atoms with Crippen LogP contribution in [0.3, 0.4) is 0 Å². The lowest BCUT2D eigenvalue weighted by Crippen LogP contribution is -2.60. The molecular formula is C25H35N3O7. The van der Waals surface area contributed by atoms with E-state index in [4.69, 9.17) is 9.84 Å². The van der Waals surface area contributed by atoms with Crippen molar-refractivity contribution in [1.29, 1.82) is 0 Å². The number of hydrogen-bond acceptors (Lipinski definition) is 6. The summed E-state index contributed by atoms with van der Waals surface area (Å²) >= 11 is 0. The van der Waals surface area contributed by atoms with Crippen molar-refractivity contribution in [2.45, 2.75) is 59.2 Å². The Labute approximate surface area is 205 Å². The van der Waals surface area contributed by atoms with Gasteiger partial charge in [-0.25, -0.2) is 4.79 Å². The normalized spacial score (nSPS) is 16.0. The number of ether oxygens (including phenoxy) is 1. The molecule has 192 valence electrons. The van der Waals surface area contributed by atoms with Crippen LogP contribution in [0.1, 0.15) is 46.1 Å². The van der Waals surface area contributed by atoms with Crippen LogP contribution in [-0.4, -0.2) is 64.8 Å². The molecule has 3 amide bonds. The lowest BCUT2D eigenvalue weighted by atomic mass is 9.92. The highest BCUT2D eigenvalue weighted by atomic mass is 16.5. The second-order valence-corrected chi connectivity index (χ2v) is 9.37. The number of nitrogens with one attached hydrogen (secondary N) is 2. The first-order chi connectivity index (χ1) is 16.5. The number of Topliss-reactive ketones (excluding diaryl/α,β-unsaturated/α-hetero) is 1. The van der Waals surface area contributed by atoms with Gasteiger partial charge in [-0.15, -0.1) is 0 Å². The van der Waals surface area contributed by atoms with E-state index in [0.717, 1.165) is 5.56 Å². The number of benzene rings is 1. The van der Waals surface area contributed by atoms with E-state index >= 15 is 0 Å². The van der Waals surface area contributed by atoms with Gasteiger partial charge in [-0.3, -0.25) is 19.2 Å². The zero-order valence-electron chi connectivity index (χ0n) is 20.7. The van der Waals surface area contributed by atoms with Gasteiger partial charge in [0.2, 0.25) is 11.7 Å². The largest absolute Gasteiger partial charge is 0.481 e. The van der Waals surface area contributed by atoms with Gasteiger partial charge >= 0.3 is 12.1 Å². The molecule has 0 aromatic heterocycles. The molecular weight excluding hydrogens is 454 g/mol. The third kappa shape index (κ3) is 8.08. The van der Waals surface area contributed by atoms with Crippen LogP contribution in [0.5, 0.6) is 0 Å². The Morgan fingerprint density at radius 1 is 1.06 bits per heavy atom. The molecule has 0 spiro atoms. The second-order valence-electron chi connectivity index (χ2n) is 9.37. The van der Waals surface area contributed by atoms with E-state index in [2.05, 4.69) is 10.6 Å². The summed E-state index contributed by atoms with van der Waals surface area (Å²) in [5, 5.41) is 14.2. The van der Waals surface area contributed by atoms with Crippen LogP contribution < -0.4 is 10.6 Å². The number of carboxylic acid groups (broad SMARTS) is 1. The molecule has 2 rings (SSSR count). The molecule has 35 heavy (non-hydrogen) atoms. The number of ketones is 1. The number of rotatable bonds is 12. The van der Waals surface area contributed by atoms with Crippen molar-refractivity contribution in [2.75, 3.05) is 13.1 Å². The standard InChI is InChI=1S/C25H35N3O7/c1-5-16(4)20(21(29)23(31)28-12-18(13-28)24(32)33)27-22(30)19(11-15(2)3)26-25(34)35-14-17-9-7-6-8-10-17/h6-10,15-16,18-20H,5,11-14H2,1-4H3,(H,26,34)(H,27,30)(H,32,33)/t16-,19?,20?/m0/s1. The Kier molecular flexibility index (Phi) is 10.2. The van der Waals surface area contributed by atoms with Gasteiger partial charge < -0.3 is 25.4 Å². The number of likely N-dealkylation sites (tertiary alicyclic amines) is 1. The average molecular weight is 490 g/mol. The van der Waals surface area contributed by atoms with E-state index < -0.39 is 47.7 Å². The van der Waals surface area contributed by atoms with Crippen molar-refractivity contribution < 1.29 is 33.8 Å². The van der Waals surface area contributed by atoms with Crippen LogP contribution in [0.25, 0.3) is 0 Å². The van der Waals surface area contributed by atoms with E-state index in [-0.39, 0.29) is 31.5 Å². The number of amides is 3. The quantitative estimate of drug-likeness (QED) is 0.381. The summed E-state index contributed by atoms with van der Waals surface area (Å²) in [7, 11) is 0. The second kappa shape index (κ2) is 12.9. The Morgan fingerprint density at radius 2 is 1.69 bits per heavy atom. The van der Waals surface area contributed by atoms with Gasteiger partial charge in [-0.1, -0.05) is 64.4 Å². The van der Waals surface area contributed by atoms with E-state index in [1.807, 2.05) is 51.1 Å². The Balaban J connectivity index is 2.04. The highest BCUT2D eigenvalue weighted by Crippen LogP contribution is 2.19. The van der Waals surface area contributed by atoms with Gasteiger partial charge in [0.25, 0.3) is 5.91 Å². The molecule has 10 heteroatoms. The molecule has 1 aliphatic heterocycles. The van der Waals surface area contributed by atoms with Gasteiger partial charge in [0.15, 0.2) is 0 Å². The summed E-state index contributed by atoms with van der Waals surface area (Å²) in [6.45, 7) is 7.32. The minimum absolute atomic E-state index is 0.0358. The summed E-state index contributed by atoms with van der Waals surface area (Å²) in [4.78, 5) is 63.2. The lowest BCUT2D eigenvalue weighted by Gasteiger charge is -2.37. The summed E-state index contributed by atoms with van der Waals surface area (Å²) < 4.78 is 5.23. The number of alkyl carbamates (subject to hydrolysis) is 1. The smallest absolute Gasteiger partial charge is 0.408 e. The minimum atomic E-state index is -1.10. The van der Waals surface area contributed by atoms with Gasteiger partial charge in [0.05, 0.1) is 12.0 Å². The van der Waals surface area contributed by atoms with Gasteiger partial charge in [-0.05, 0) is 23.8 Å². The van der Waals surface area contributed by atoms with Crippen LogP contribution in [0, 0.1) is 17.8 Å². The van der Waals surface area contributed by atoms with E-state index in [1.165, 1.54) is 4.90 Å². The fourth-order valence-corrected chi connectivity index (χ4v) is 3.66. The number of hydrogen-bond donors (Lipinski definition) is 3. The fraction of sp³-hybridized carbons (Fsp3) is 0.560. The highest BCUT2D eigenvalue weighted by Gasteiger charge is 2.41. The van der Waals surface area contributed by atoms with Gasteiger partial charge in [0, 0.05) is 13.1 Å². The van der Waals surface area contributed by atoms with Gasteiger partial charge in [-0.2, -0.15) is 0 Å². The number of carbonyl (C=O) groups excluding carboxylic acids is 4. The molecule has 0 saturated carbocycles. The average Bonchev–Trinajstić information content (AvgIpc) is 2.78. The van der Waals surface area contributed by atoms with Crippen LogP contribution in [0.2, 0.25) is 0 Å². The van der Waals surface area contributed by atoms with E-state index in [9.17, 15) is 24.0 Å². The van der Waals surface area contributed by atoms with E-state index in [0.29, 0.717) is 12.8 Å². The van der Waals surface area contributed by atoms with Crippen LogP contribution >= 0.6 is 0 Å². The zero-order chi connectivity index (χ0) is 26.1. The summed E-state index contributed by atoms with van der Waals surface area (Å²) in [6, 6.07) is 7.04. The summed E-state index contributed by atoms with van der Waals surface area (Å²) in [5.41, 5.74) is 0.796. The molecule has 0 aliphatic carbocycles. The van der Waals surface area contributed by atoms with Crippen molar-refractivity contribution in [3.8, 4) is 0 Å². The van der Waals surface area contributed by atoms with Crippen LogP contribution in [0.15, 0.2) is 30.3 Å². The predicted octanol–water partition coefficient (Wildman–Crippen LogP) is 1.97. The molecule has 3 N–H and O–H groups in total. The van der Waals surface area contributed by atoms with Crippen molar-refractivity contribution in [3.05, 3.63) is 35.9 Å². The first kappa shape index (κ1) is 27.8. The monoisotopic (exact) mass is 489 g/mol. The van der Waals surface area contributed by atoms with Crippen LogP contribution in [0.4, 0.5) is 4.79 Å². The molecule has 1 fully saturated rings. The number of nitrogens with zero attached hydrogens (tertiary/aromatic N) is 1. The molecule has 1 aliphatic rings. The Bertz CT molecular complexity index is 913. The van der Waals surface area contributed by atoms with Crippen LogP contribution in [-0.2, 0) is 30.5 Å². The SMILES string of the molecule is CC[C@H](C)C(NC(=O)C(CC(C)C)NC(=O)OCc1ccccc1)C(=O)C(=O)N1CC(C(=O)O)C1. The fourth-order valence-electron chi connectivity index (χ4n) is 3.66. The minimum Gasteiger partial charge on any atom is -0.481 e. The molecule has 1 aromatic carbocycles. The number of aliphatic carboxylic acids is 1. The molecule has 2 unspecified atom stereocenters. The molecule has 1 saturated heterocycles. The zero-order valence-corrected chi connectivity index (χ0v) is 20.7. The van der Waals surface area contributed by atoms with Crippen molar-refractivity contribution >= 4 is 29.7 Å². The Hall–Kier alpha value is -3.43. The number of carboxylic acids is 1. The van der Waals surface area contributed by atoms with Crippen molar-refractivity contribution in [2.24, 2.45) is 17.8 Å². The Morgan fingerprint density at radius 3 is 2.23 bits per heavy atom. The highest BCUT2D eigenvalue weighted by molar-refractivity contribution is 6.38. The van der Waals surface area contributed by atoms with Gasteiger partial charge in [0.1, 0.15) is 12.6 Å². The third-order valence-electron chi connectivity index (χ3n) is 6.05. The molecule has 0 bridgehead atoms. The number of carbonyl (C=O) groups is 5. The molecule has 1 heterocycles. The topological polar surface area (TPSA) is 142 Å². The van der Waals surface area contributed by atoms with Crippen molar-refractivity contribution in [3.63, 3.8) is 0 Å². The molecule has 10 nitrogen and oxygen atoms in total. The summed E-state index contributed by atoms with van der Waals surface area (Å²) in [5.74, 6) is -4.21. The maximum atomic E-state index is 13.1. The summed E-state index contributed by atoms with van der Waals surface area (Å²) in [6.07, 6.45) is 0.0504. The predicted molar refractivity (Wildman–Crippen MR) is 127 cm³/mol. The molecule has 1 aromatic rings. The lowest BCUT2D eigenvalue weighted by molar-refractivity contribution is -0.157. The maximum Gasteiger partial charge on any atom is 0.408 e. The first-order valence-electron chi connectivity index (χ1n) is 11.9. The first-order valence-corrected chi connectivity index (χ1v) is 11.9. The van der Waals surface area contributed by atoms with Crippen molar-refractivity contribution in [1.82, 2.24) is 15.5 Å². The molecule has 3 atom stereocenters. The van der Waals surface area contributed by atoms with E-state index in [1.54, 1.807) is 6.92 Å². The maximum absolute atomic E-state index is 13.1. The third-order valence-corrected chi connectivity index (χ3v) is 6.05. The molecule has 0 radical (unpaired) electrons.